The van der Waals surface area contributed by atoms with Crippen LogP contribution in [0.5, 0.6) is 17.2 Å². The normalized spacial score (nSPS) is 17.7. The number of ether oxygens (including phenoxy) is 3. The van der Waals surface area contributed by atoms with Crippen LogP contribution in [0.2, 0.25) is 0 Å². The lowest BCUT2D eigenvalue weighted by molar-refractivity contribution is 0.267. The average molecular weight is 379 g/mol. The van der Waals surface area contributed by atoms with Gasteiger partial charge in [0.2, 0.25) is 0 Å². The largest absolute Gasteiger partial charge is 0.496 e. The second-order valence-electron chi connectivity index (χ2n) is 6.51. The minimum Gasteiger partial charge on any atom is -0.496 e. The summed E-state index contributed by atoms with van der Waals surface area (Å²) in [5, 5.41) is 6.81. The van der Waals surface area contributed by atoms with Crippen molar-refractivity contribution in [1.82, 2.24) is 15.5 Å². The maximum atomic E-state index is 5.52. The number of nitrogens with one attached hydrogen (secondary N) is 2. The second kappa shape index (κ2) is 10.9. The monoisotopic (exact) mass is 378 g/mol. The van der Waals surface area contributed by atoms with E-state index in [1.54, 1.807) is 21.3 Å². The number of likely N-dealkylation sites (N-methyl/N-ethyl adjacent to an activating group) is 1. The van der Waals surface area contributed by atoms with Crippen molar-refractivity contribution in [3.63, 3.8) is 0 Å². The third kappa shape index (κ3) is 5.66. The van der Waals surface area contributed by atoms with Crippen molar-refractivity contribution in [1.29, 1.82) is 0 Å². The molecule has 0 amide bonds. The van der Waals surface area contributed by atoms with Crippen LogP contribution in [0.1, 0.15) is 32.3 Å². The van der Waals surface area contributed by atoms with Gasteiger partial charge >= 0.3 is 0 Å². The first-order valence-electron chi connectivity index (χ1n) is 9.71. The summed E-state index contributed by atoms with van der Waals surface area (Å²) in [6.45, 7) is 8.74. The van der Waals surface area contributed by atoms with Gasteiger partial charge in [0.05, 0.1) is 33.4 Å². The minimum absolute atomic E-state index is 0.452. The van der Waals surface area contributed by atoms with Crippen LogP contribution in [0.4, 0.5) is 0 Å². The van der Waals surface area contributed by atoms with Crippen molar-refractivity contribution in [2.45, 2.75) is 39.3 Å². The Labute approximate surface area is 163 Å². The predicted octanol–water partition coefficient (Wildman–Crippen LogP) is 2.25. The average Bonchev–Trinajstić information content (AvgIpc) is 3.16. The Bertz CT molecular complexity index is 596. The summed E-state index contributed by atoms with van der Waals surface area (Å²) >= 11 is 0. The van der Waals surface area contributed by atoms with E-state index >= 15 is 0 Å². The molecule has 2 rings (SSSR count). The molecule has 0 saturated carbocycles. The standard InChI is InChI=1S/C20H34N4O3/c1-6-21-20(22-13-15-9-8-10-24(15)7-2)23-14-17-18(26-4)11-16(25-3)12-19(17)27-5/h11-12,15H,6-10,13-14H2,1-5H3,(H2,21,22,23). The van der Waals surface area contributed by atoms with Gasteiger partial charge < -0.3 is 24.8 Å². The minimum atomic E-state index is 0.452. The molecule has 0 radical (unpaired) electrons. The van der Waals surface area contributed by atoms with Gasteiger partial charge in [-0.2, -0.15) is 0 Å². The van der Waals surface area contributed by atoms with Gasteiger partial charge in [0.1, 0.15) is 17.2 Å². The second-order valence-corrected chi connectivity index (χ2v) is 6.51. The van der Waals surface area contributed by atoms with Crippen molar-refractivity contribution in [3.8, 4) is 17.2 Å². The highest BCUT2D eigenvalue weighted by Crippen LogP contribution is 2.34. The molecule has 0 spiro atoms. The summed E-state index contributed by atoms with van der Waals surface area (Å²) in [4.78, 5) is 7.26. The van der Waals surface area contributed by atoms with Crippen LogP contribution in [0, 0.1) is 0 Å². The number of benzene rings is 1. The van der Waals surface area contributed by atoms with Gasteiger partial charge in [0, 0.05) is 31.3 Å². The molecule has 27 heavy (non-hydrogen) atoms. The molecule has 1 aliphatic rings. The maximum Gasteiger partial charge on any atom is 0.191 e. The molecule has 1 aromatic carbocycles. The SMILES string of the molecule is CCNC(=NCc1c(OC)cc(OC)cc1OC)NCC1CCCN1CC. The van der Waals surface area contributed by atoms with E-state index in [-0.39, 0.29) is 0 Å². The van der Waals surface area contributed by atoms with Crippen LogP contribution in [-0.4, -0.2) is 64.4 Å². The molecule has 1 aliphatic heterocycles. The zero-order chi connectivity index (χ0) is 19.6. The number of guanidine groups is 1. The van der Waals surface area contributed by atoms with Crippen LogP contribution in [-0.2, 0) is 6.54 Å². The van der Waals surface area contributed by atoms with Gasteiger partial charge in [-0.3, -0.25) is 4.90 Å². The van der Waals surface area contributed by atoms with Gasteiger partial charge in [0.15, 0.2) is 5.96 Å². The van der Waals surface area contributed by atoms with Crippen LogP contribution >= 0.6 is 0 Å². The van der Waals surface area contributed by atoms with E-state index in [2.05, 4.69) is 29.4 Å². The molecule has 7 nitrogen and oxygen atoms in total. The van der Waals surface area contributed by atoms with Gasteiger partial charge in [-0.15, -0.1) is 0 Å². The first-order chi connectivity index (χ1) is 13.2. The number of rotatable bonds is 9. The quantitative estimate of drug-likeness (QED) is 0.507. The number of nitrogens with zero attached hydrogens (tertiary/aromatic N) is 2. The molecule has 1 aromatic rings. The molecule has 1 heterocycles. The molecule has 0 aromatic heterocycles. The highest BCUT2D eigenvalue weighted by Gasteiger charge is 2.22. The van der Waals surface area contributed by atoms with Crippen LogP contribution in [0.15, 0.2) is 17.1 Å². The topological polar surface area (TPSA) is 67.4 Å². The summed E-state index contributed by atoms with van der Waals surface area (Å²) < 4.78 is 16.3. The van der Waals surface area contributed by atoms with E-state index in [9.17, 15) is 0 Å². The lowest BCUT2D eigenvalue weighted by Gasteiger charge is -2.24. The summed E-state index contributed by atoms with van der Waals surface area (Å²) in [7, 11) is 4.91. The molecule has 152 valence electrons. The molecule has 2 N–H and O–H groups in total. The van der Waals surface area contributed by atoms with E-state index in [1.165, 1.54) is 19.4 Å². The smallest absolute Gasteiger partial charge is 0.191 e. The zero-order valence-electron chi connectivity index (χ0n) is 17.3. The fraction of sp³-hybridized carbons (Fsp3) is 0.650. The first-order valence-corrected chi connectivity index (χ1v) is 9.71. The Morgan fingerprint density at radius 2 is 1.81 bits per heavy atom. The van der Waals surface area contributed by atoms with Crippen LogP contribution < -0.4 is 24.8 Å². The van der Waals surface area contributed by atoms with Gasteiger partial charge in [0.25, 0.3) is 0 Å². The molecule has 1 saturated heterocycles. The van der Waals surface area contributed by atoms with Crippen molar-refractivity contribution in [2.75, 3.05) is 47.5 Å². The van der Waals surface area contributed by atoms with Crippen molar-refractivity contribution in [2.24, 2.45) is 4.99 Å². The Morgan fingerprint density at radius 3 is 2.37 bits per heavy atom. The van der Waals surface area contributed by atoms with E-state index < -0.39 is 0 Å². The molecular weight excluding hydrogens is 344 g/mol. The highest BCUT2D eigenvalue weighted by atomic mass is 16.5. The van der Waals surface area contributed by atoms with E-state index in [1.807, 2.05) is 12.1 Å². The molecule has 7 heteroatoms. The maximum absolute atomic E-state index is 5.52. The Kier molecular flexibility index (Phi) is 8.51. The summed E-state index contributed by atoms with van der Waals surface area (Å²) in [5.41, 5.74) is 0.897. The van der Waals surface area contributed by atoms with E-state index in [4.69, 9.17) is 19.2 Å². The number of aliphatic imine (C=N–C) groups is 1. The van der Waals surface area contributed by atoms with Crippen LogP contribution in [0.25, 0.3) is 0 Å². The number of methoxy groups -OCH3 is 3. The lowest BCUT2D eigenvalue weighted by Crippen LogP contribution is -2.44. The van der Waals surface area contributed by atoms with E-state index in [0.29, 0.717) is 29.8 Å². The summed E-state index contributed by atoms with van der Waals surface area (Å²) in [6.07, 6.45) is 2.51. The third-order valence-electron chi connectivity index (χ3n) is 4.97. The van der Waals surface area contributed by atoms with Crippen LogP contribution in [0.3, 0.4) is 0 Å². The molecule has 0 aliphatic carbocycles. The first kappa shape index (κ1) is 21.2. The molecule has 1 atom stereocenters. The summed E-state index contributed by atoms with van der Waals surface area (Å²) in [5.74, 6) is 2.92. The number of likely N-dealkylation sites (tertiary alicyclic amines) is 1. The number of hydrogen-bond acceptors (Lipinski definition) is 5. The molecule has 1 fully saturated rings. The Hall–Kier alpha value is -2.15. The van der Waals surface area contributed by atoms with Crippen molar-refractivity contribution in [3.05, 3.63) is 17.7 Å². The molecule has 1 unspecified atom stereocenters. The van der Waals surface area contributed by atoms with Gasteiger partial charge in [-0.05, 0) is 32.9 Å². The van der Waals surface area contributed by atoms with E-state index in [0.717, 1.165) is 31.2 Å². The number of hydrogen-bond donors (Lipinski definition) is 2. The Morgan fingerprint density at radius 1 is 1.11 bits per heavy atom. The zero-order valence-corrected chi connectivity index (χ0v) is 17.3. The van der Waals surface area contributed by atoms with Gasteiger partial charge in [-0.1, -0.05) is 6.92 Å². The summed E-state index contributed by atoms with van der Waals surface area (Å²) in [6, 6.07) is 4.28. The fourth-order valence-corrected chi connectivity index (χ4v) is 3.49. The predicted molar refractivity (Wildman–Crippen MR) is 109 cm³/mol. The fourth-order valence-electron chi connectivity index (χ4n) is 3.49. The highest BCUT2D eigenvalue weighted by molar-refractivity contribution is 5.79. The van der Waals surface area contributed by atoms with Crippen molar-refractivity contribution < 1.29 is 14.2 Å². The molecule has 0 bridgehead atoms. The third-order valence-corrected chi connectivity index (χ3v) is 4.97. The van der Waals surface area contributed by atoms with Crippen molar-refractivity contribution >= 4 is 5.96 Å². The lowest BCUT2D eigenvalue weighted by atomic mass is 10.1. The Balaban J connectivity index is 2.11. The molecular formula is C20H34N4O3. The van der Waals surface area contributed by atoms with Gasteiger partial charge in [-0.25, -0.2) is 4.99 Å².